The highest BCUT2D eigenvalue weighted by molar-refractivity contribution is 7.48. The number of phosphoric ester groups is 1. The third kappa shape index (κ3) is 32.0. The lowest BCUT2D eigenvalue weighted by Crippen LogP contribution is -2.30. The van der Waals surface area contributed by atoms with Crippen LogP contribution in [0.5, 0.6) is 0 Å². The van der Waals surface area contributed by atoms with Gasteiger partial charge in [0.15, 0.2) is 6.10 Å². The molecule has 0 bridgehead atoms. The molecule has 0 radical (unpaired) electrons. The van der Waals surface area contributed by atoms with Crippen LogP contribution in [0.25, 0.3) is 0 Å². The summed E-state index contributed by atoms with van der Waals surface area (Å²) in [5.74, 6) is -0.710. The van der Waals surface area contributed by atoms with E-state index in [1.54, 1.807) is 6.92 Å². The first-order valence-electron chi connectivity index (χ1n) is 19.3. The van der Waals surface area contributed by atoms with Gasteiger partial charge >= 0.3 is 19.8 Å². The zero-order chi connectivity index (χ0) is 34.9. The maximum atomic E-state index is 13.1. The van der Waals surface area contributed by atoms with Crippen LogP contribution in [0, 0.1) is 0 Å². The lowest BCUT2D eigenvalue weighted by Gasteiger charge is -2.22. The molecule has 0 spiro atoms. The molecule has 0 aromatic heterocycles. The van der Waals surface area contributed by atoms with Crippen molar-refractivity contribution in [2.45, 2.75) is 181 Å². The lowest BCUT2D eigenvalue weighted by atomic mass is 10.1. The van der Waals surface area contributed by atoms with Crippen molar-refractivity contribution in [1.29, 1.82) is 0 Å². The Labute approximate surface area is 289 Å². The predicted molar refractivity (Wildman–Crippen MR) is 193 cm³/mol. The number of unbranched alkanes of at least 4 members (excludes halogenated alkanes) is 20. The van der Waals surface area contributed by atoms with Crippen molar-refractivity contribution >= 4 is 19.8 Å². The van der Waals surface area contributed by atoms with Gasteiger partial charge in [-0.1, -0.05) is 142 Å². The fraction of sp³-hybridized carbons (Fsp3) is 0.946. The van der Waals surface area contributed by atoms with Crippen LogP contribution in [0.2, 0.25) is 0 Å². The topological polar surface area (TPSA) is 101 Å². The van der Waals surface area contributed by atoms with E-state index in [1.807, 2.05) is 19.0 Å². The standard InChI is InChI=1S/C37H74NO8P/c1-6-9-11-13-15-17-19-21-23-25-27-29-36(39)42-33-35(34-45-47(41,43-8-3)44-32-31-38(4)5)46-37(40)30-28-26-24-22-20-18-16-14-12-10-7-2/h35H,6-34H2,1-5H3. The number of esters is 2. The molecule has 2 atom stereocenters. The van der Waals surface area contributed by atoms with Crippen LogP contribution in [-0.2, 0) is 37.2 Å². The van der Waals surface area contributed by atoms with Gasteiger partial charge in [0.1, 0.15) is 6.61 Å². The van der Waals surface area contributed by atoms with Crippen molar-refractivity contribution in [3.8, 4) is 0 Å². The van der Waals surface area contributed by atoms with Crippen molar-refractivity contribution in [1.82, 2.24) is 4.90 Å². The quantitative estimate of drug-likeness (QED) is 0.0361. The Bertz CT molecular complexity index is 767. The number of phosphoric acid groups is 1. The van der Waals surface area contributed by atoms with Gasteiger partial charge in [-0.3, -0.25) is 23.2 Å². The van der Waals surface area contributed by atoms with Crippen LogP contribution in [-0.4, -0.2) is 70.0 Å². The largest absolute Gasteiger partial charge is 0.474 e. The van der Waals surface area contributed by atoms with Crippen molar-refractivity contribution in [3.05, 3.63) is 0 Å². The van der Waals surface area contributed by atoms with Crippen LogP contribution < -0.4 is 0 Å². The molecule has 280 valence electrons. The Balaban J connectivity index is 4.57. The van der Waals surface area contributed by atoms with E-state index in [-0.39, 0.29) is 44.8 Å². The van der Waals surface area contributed by atoms with E-state index in [2.05, 4.69) is 13.8 Å². The van der Waals surface area contributed by atoms with Gasteiger partial charge in [-0.25, -0.2) is 4.57 Å². The summed E-state index contributed by atoms with van der Waals surface area (Å²) in [6, 6.07) is 0. The summed E-state index contributed by atoms with van der Waals surface area (Å²) in [5, 5.41) is 0. The van der Waals surface area contributed by atoms with E-state index in [0.717, 1.165) is 38.5 Å². The van der Waals surface area contributed by atoms with E-state index in [4.69, 9.17) is 23.0 Å². The summed E-state index contributed by atoms with van der Waals surface area (Å²) < 4.78 is 40.5. The van der Waals surface area contributed by atoms with E-state index in [1.165, 1.54) is 103 Å². The second-order valence-electron chi connectivity index (χ2n) is 13.2. The van der Waals surface area contributed by atoms with Gasteiger partial charge < -0.3 is 14.4 Å². The third-order valence-corrected chi connectivity index (χ3v) is 9.73. The minimum absolute atomic E-state index is 0.135. The molecule has 0 rings (SSSR count). The number of carbonyl (C=O) groups excluding carboxylic acids is 2. The number of ether oxygens (including phenoxy) is 2. The molecule has 0 amide bonds. The SMILES string of the molecule is CCCCCCCCCCCCCC(=O)OCC(COP(=O)(OCC)OCCN(C)C)OC(=O)CCCCCCCCCCCCC. The summed E-state index contributed by atoms with van der Waals surface area (Å²) >= 11 is 0. The molecule has 0 aromatic carbocycles. The highest BCUT2D eigenvalue weighted by Gasteiger charge is 2.29. The molecule has 10 heteroatoms. The second kappa shape index (κ2) is 33.5. The molecule has 0 aliphatic heterocycles. The Kier molecular flexibility index (Phi) is 32.8. The number of rotatable bonds is 36. The van der Waals surface area contributed by atoms with Gasteiger partial charge in [-0.05, 0) is 33.9 Å². The summed E-state index contributed by atoms with van der Waals surface area (Å²) in [4.78, 5) is 27.1. The van der Waals surface area contributed by atoms with E-state index >= 15 is 0 Å². The lowest BCUT2D eigenvalue weighted by molar-refractivity contribution is -0.161. The van der Waals surface area contributed by atoms with Crippen molar-refractivity contribution in [3.63, 3.8) is 0 Å². The summed E-state index contributed by atoms with van der Waals surface area (Å²) in [7, 11) is -0.107. The molecule has 0 heterocycles. The number of hydrogen-bond donors (Lipinski definition) is 0. The molecular weight excluding hydrogens is 617 g/mol. The van der Waals surface area contributed by atoms with Gasteiger partial charge in [0.2, 0.25) is 0 Å². The average molecular weight is 692 g/mol. The van der Waals surface area contributed by atoms with E-state index < -0.39 is 13.9 Å². The van der Waals surface area contributed by atoms with Crippen molar-refractivity contribution in [2.75, 3.05) is 47.1 Å². The maximum Gasteiger partial charge on any atom is 0.474 e. The highest BCUT2D eigenvalue weighted by atomic mass is 31.2. The smallest absolute Gasteiger partial charge is 0.462 e. The molecule has 0 fully saturated rings. The van der Waals surface area contributed by atoms with Gasteiger partial charge in [0.05, 0.1) is 19.8 Å². The molecule has 2 unspecified atom stereocenters. The van der Waals surface area contributed by atoms with Crippen LogP contribution in [0.1, 0.15) is 175 Å². The van der Waals surface area contributed by atoms with Gasteiger partial charge in [0.25, 0.3) is 0 Å². The van der Waals surface area contributed by atoms with Gasteiger partial charge in [-0.2, -0.15) is 0 Å². The number of nitrogens with zero attached hydrogens (tertiary/aromatic N) is 1. The third-order valence-electron chi connectivity index (χ3n) is 8.19. The van der Waals surface area contributed by atoms with Gasteiger partial charge in [-0.15, -0.1) is 0 Å². The Morgan fingerprint density at radius 3 is 1.40 bits per heavy atom. The summed E-state index contributed by atoms with van der Waals surface area (Å²) in [6.07, 6.45) is 26.1. The first kappa shape index (κ1) is 46.0. The second-order valence-corrected chi connectivity index (χ2v) is 14.8. The number of likely N-dealkylation sites (N-methyl/N-ethyl adjacent to an activating group) is 1. The summed E-state index contributed by atoms with van der Waals surface area (Å²) in [5.41, 5.74) is 0. The molecule has 0 N–H and O–H groups in total. The zero-order valence-corrected chi connectivity index (χ0v) is 32.1. The van der Waals surface area contributed by atoms with E-state index in [0.29, 0.717) is 13.0 Å². The van der Waals surface area contributed by atoms with Gasteiger partial charge in [0, 0.05) is 19.4 Å². The molecule has 0 aliphatic carbocycles. The Morgan fingerprint density at radius 2 is 0.979 bits per heavy atom. The number of carbonyl (C=O) groups is 2. The number of hydrogen-bond acceptors (Lipinski definition) is 9. The van der Waals surface area contributed by atoms with Crippen LogP contribution >= 0.6 is 7.82 Å². The maximum absolute atomic E-state index is 13.1. The Hall–Kier alpha value is -0.990. The minimum Gasteiger partial charge on any atom is -0.462 e. The normalized spacial score (nSPS) is 13.5. The zero-order valence-electron chi connectivity index (χ0n) is 31.2. The van der Waals surface area contributed by atoms with Crippen molar-refractivity contribution < 1.29 is 37.2 Å². The van der Waals surface area contributed by atoms with Crippen molar-refractivity contribution in [2.24, 2.45) is 0 Å². The molecule has 0 saturated heterocycles. The highest BCUT2D eigenvalue weighted by Crippen LogP contribution is 2.49. The average Bonchev–Trinajstić information content (AvgIpc) is 3.03. The van der Waals surface area contributed by atoms with Crippen LogP contribution in [0.3, 0.4) is 0 Å². The van der Waals surface area contributed by atoms with Crippen LogP contribution in [0.4, 0.5) is 0 Å². The fourth-order valence-electron chi connectivity index (χ4n) is 5.27. The molecule has 0 saturated carbocycles. The van der Waals surface area contributed by atoms with E-state index in [9.17, 15) is 14.2 Å². The van der Waals surface area contributed by atoms with Crippen LogP contribution in [0.15, 0.2) is 0 Å². The molecular formula is C37H74NO8P. The molecule has 0 aromatic rings. The molecule has 0 aliphatic rings. The fourth-order valence-corrected chi connectivity index (χ4v) is 6.46. The predicted octanol–water partition coefficient (Wildman–Crippen LogP) is 10.6. The molecule has 47 heavy (non-hydrogen) atoms. The monoisotopic (exact) mass is 692 g/mol. The Morgan fingerprint density at radius 1 is 0.553 bits per heavy atom. The minimum atomic E-state index is -3.87. The summed E-state index contributed by atoms with van der Waals surface area (Å²) in [6.45, 7) is 6.59. The molecule has 9 nitrogen and oxygen atoms in total. The first-order chi connectivity index (χ1) is 22.8. The first-order valence-corrected chi connectivity index (χ1v) is 20.8.